The molecule has 11 nitrogen and oxygen atoms in total. The van der Waals surface area contributed by atoms with Crippen LogP contribution < -0.4 is 20.3 Å². The normalized spacial score (nSPS) is 15.9. The number of H-pyrrole nitrogens is 1. The van der Waals surface area contributed by atoms with Gasteiger partial charge in [-0.25, -0.2) is 23.5 Å². The summed E-state index contributed by atoms with van der Waals surface area (Å²) < 4.78 is 54.5. The Labute approximate surface area is 281 Å². The van der Waals surface area contributed by atoms with Crippen molar-refractivity contribution in [1.29, 1.82) is 0 Å². The standard InChI is InChI=1S/C34H41F2N5O6S/c1-8-22-24(35)10-9-19-14-21(45-17-44-6)15-23(25(19)22)28-27(36)29-26(30(42)40-32(39-29)48-7)31(38-28)46-18(2)13-20-16-41(12-11-37-20)33(43)47-34(3,4)5/h9-10,14-15,18,20,37H,8,11-13,16-17H2,1-7H3,(H,39,40,42)/t18?,20-/m0/s1. The molecule has 0 bridgehead atoms. The molecule has 2 N–H and O–H groups in total. The highest BCUT2D eigenvalue weighted by atomic mass is 32.2. The highest BCUT2D eigenvalue weighted by Crippen LogP contribution is 2.40. The predicted molar refractivity (Wildman–Crippen MR) is 181 cm³/mol. The lowest BCUT2D eigenvalue weighted by Crippen LogP contribution is -2.54. The van der Waals surface area contributed by atoms with Gasteiger partial charge in [-0.3, -0.25) is 4.79 Å². The molecule has 1 aliphatic heterocycles. The minimum atomic E-state index is -0.857. The SMILES string of the molecule is CCc1c(F)ccc2cc(OCOC)cc(-c3nc(OC(C)C[C@H]4CN(C(=O)OC(C)(C)C)CCN4)c4c(=O)[nH]c(SC)nc4c3F)c12. The molecule has 48 heavy (non-hydrogen) atoms. The number of aromatic amines is 1. The number of fused-ring (bicyclic) bond motifs is 2. The van der Waals surface area contributed by atoms with Crippen molar-refractivity contribution in [2.75, 3.05) is 39.8 Å². The van der Waals surface area contributed by atoms with Crippen molar-refractivity contribution in [2.24, 2.45) is 0 Å². The molecular weight excluding hydrogens is 644 g/mol. The van der Waals surface area contributed by atoms with Gasteiger partial charge in [-0.05, 0) is 74.9 Å². The quantitative estimate of drug-likeness (QED) is 0.116. The van der Waals surface area contributed by atoms with E-state index < -0.39 is 35.0 Å². The number of halogens is 2. The Kier molecular flexibility index (Phi) is 10.8. The molecule has 1 unspecified atom stereocenters. The van der Waals surface area contributed by atoms with Crippen LogP contribution in [-0.4, -0.2) is 83.5 Å². The molecule has 4 aromatic rings. The molecule has 1 aliphatic rings. The van der Waals surface area contributed by atoms with Gasteiger partial charge in [0.25, 0.3) is 5.56 Å². The number of thioether (sulfide) groups is 1. The molecular formula is C34H41F2N5O6S. The second kappa shape index (κ2) is 14.6. The fourth-order valence-electron chi connectivity index (χ4n) is 5.83. The van der Waals surface area contributed by atoms with Gasteiger partial charge in [0.05, 0.1) is 6.10 Å². The second-order valence-electron chi connectivity index (χ2n) is 12.6. The van der Waals surface area contributed by atoms with Crippen LogP contribution in [-0.2, 0) is 15.9 Å². The molecule has 2 atom stereocenters. The molecule has 0 aliphatic carbocycles. The number of carbonyl (C=O) groups excluding carboxylic acids is 1. The van der Waals surface area contributed by atoms with Gasteiger partial charge in [-0.15, -0.1) is 0 Å². The van der Waals surface area contributed by atoms with E-state index in [1.165, 1.54) is 13.2 Å². The second-order valence-corrected chi connectivity index (χ2v) is 13.4. The van der Waals surface area contributed by atoms with Crippen molar-refractivity contribution in [3.05, 3.63) is 51.8 Å². The van der Waals surface area contributed by atoms with Crippen LogP contribution >= 0.6 is 11.8 Å². The van der Waals surface area contributed by atoms with Crippen molar-refractivity contribution in [1.82, 2.24) is 25.2 Å². The van der Waals surface area contributed by atoms with E-state index in [2.05, 4.69) is 20.3 Å². The molecule has 14 heteroatoms. The van der Waals surface area contributed by atoms with E-state index in [0.29, 0.717) is 54.6 Å². The van der Waals surface area contributed by atoms with Gasteiger partial charge in [0, 0.05) is 44.8 Å². The van der Waals surface area contributed by atoms with Gasteiger partial charge in [0.2, 0.25) is 5.88 Å². The fourth-order valence-corrected chi connectivity index (χ4v) is 6.21. The highest BCUT2D eigenvalue weighted by Gasteiger charge is 2.30. The molecule has 3 heterocycles. The minimum absolute atomic E-state index is 0.0686. The number of rotatable bonds is 10. The molecule has 0 radical (unpaired) electrons. The molecule has 1 fully saturated rings. The summed E-state index contributed by atoms with van der Waals surface area (Å²) in [6.45, 7) is 10.4. The Bertz CT molecular complexity index is 1880. The third-order valence-electron chi connectivity index (χ3n) is 7.86. The summed E-state index contributed by atoms with van der Waals surface area (Å²) in [6.07, 6.45) is 1.53. The monoisotopic (exact) mass is 685 g/mol. The number of hydrogen-bond donors (Lipinski definition) is 2. The van der Waals surface area contributed by atoms with Crippen molar-refractivity contribution in [3.63, 3.8) is 0 Å². The van der Waals surface area contributed by atoms with E-state index in [0.717, 1.165) is 11.8 Å². The number of aryl methyl sites for hydroxylation is 1. The molecule has 2 aromatic carbocycles. The Hall–Kier alpha value is -4.01. The van der Waals surface area contributed by atoms with Crippen LogP contribution in [0.5, 0.6) is 11.6 Å². The number of ether oxygens (including phenoxy) is 4. The minimum Gasteiger partial charge on any atom is -0.474 e. The third-order valence-corrected chi connectivity index (χ3v) is 8.44. The van der Waals surface area contributed by atoms with Crippen LogP contribution in [0.1, 0.15) is 46.6 Å². The molecule has 1 saturated heterocycles. The number of nitrogens with zero attached hydrogens (tertiary/aromatic N) is 3. The Morgan fingerprint density at radius 2 is 1.96 bits per heavy atom. The summed E-state index contributed by atoms with van der Waals surface area (Å²) in [7, 11) is 1.48. The lowest BCUT2D eigenvalue weighted by atomic mass is 9.94. The summed E-state index contributed by atoms with van der Waals surface area (Å²) in [6, 6.07) is 6.10. The van der Waals surface area contributed by atoms with Crippen LogP contribution in [0.3, 0.4) is 0 Å². The van der Waals surface area contributed by atoms with Gasteiger partial charge >= 0.3 is 6.09 Å². The van der Waals surface area contributed by atoms with Crippen molar-refractivity contribution in [3.8, 4) is 22.9 Å². The van der Waals surface area contributed by atoms with E-state index in [9.17, 15) is 9.59 Å². The van der Waals surface area contributed by atoms with E-state index in [-0.39, 0.29) is 46.0 Å². The number of benzene rings is 2. The lowest BCUT2D eigenvalue weighted by Gasteiger charge is -2.35. The summed E-state index contributed by atoms with van der Waals surface area (Å²) in [4.78, 5) is 39.4. The van der Waals surface area contributed by atoms with Crippen LogP contribution in [0, 0.1) is 11.6 Å². The number of carbonyl (C=O) groups is 1. The number of aromatic nitrogens is 3. The Morgan fingerprint density at radius 1 is 1.19 bits per heavy atom. The van der Waals surface area contributed by atoms with Crippen LogP contribution in [0.4, 0.5) is 13.6 Å². The average Bonchev–Trinajstić information content (AvgIpc) is 3.03. The summed E-state index contributed by atoms with van der Waals surface area (Å²) in [5.74, 6) is -1.07. The highest BCUT2D eigenvalue weighted by molar-refractivity contribution is 7.98. The first kappa shape index (κ1) is 35.3. The van der Waals surface area contributed by atoms with E-state index in [4.69, 9.17) is 18.9 Å². The van der Waals surface area contributed by atoms with Gasteiger partial charge < -0.3 is 34.1 Å². The van der Waals surface area contributed by atoms with E-state index >= 15 is 8.78 Å². The topological polar surface area (TPSA) is 128 Å². The first-order valence-electron chi connectivity index (χ1n) is 15.8. The predicted octanol–water partition coefficient (Wildman–Crippen LogP) is 6.05. The molecule has 0 spiro atoms. The number of pyridine rings is 1. The zero-order valence-corrected chi connectivity index (χ0v) is 29.0. The number of nitrogens with one attached hydrogen (secondary N) is 2. The Morgan fingerprint density at radius 3 is 2.65 bits per heavy atom. The van der Waals surface area contributed by atoms with Crippen molar-refractivity contribution >= 4 is 39.5 Å². The number of piperazine rings is 1. The number of amides is 1. The summed E-state index contributed by atoms with van der Waals surface area (Å²) in [5, 5.41) is 4.52. The maximum Gasteiger partial charge on any atom is 0.410 e. The van der Waals surface area contributed by atoms with E-state index in [1.54, 1.807) is 29.4 Å². The number of methoxy groups -OCH3 is 1. The first-order valence-corrected chi connectivity index (χ1v) is 17.0. The van der Waals surface area contributed by atoms with Gasteiger partial charge in [0.1, 0.15) is 33.8 Å². The largest absolute Gasteiger partial charge is 0.474 e. The maximum absolute atomic E-state index is 16.7. The maximum atomic E-state index is 16.7. The zero-order valence-electron chi connectivity index (χ0n) is 28.2. The van der Waals surface area contributed by atoms with Gasteiger partial charge in [-0.2, -0.15) is 0 Å². The molecule has 1 amide bonds. The summed E-state index contributed by atoms with van der Waals surface area (Å²) in [5.41, 5.74) is -1.01. The van der Waals surface area contributed by atoms with Crippen LogP contribution in [0.25, 0.3) is 32.9 Å². The van der Waals surface area contributed by atoms with Crippen molar-refractivity contribution < 1.29 is 32.5 Å². The third kappa shape index (κ3) is 7.66. The van der Waals surface area contributed by atoms with Gasteiger partial charge in [-0.1, -0.05) is 24.8 Å². The van der Waals surface area contributed by atoms with Crippen LogP contribution in [0.2, 0.25) is 0 Å². The molecule has 2 aromatic heterocycles. The molecule has 5 rings (SSSR count). The molecule has 258 valence electrons. The van der Waals surface area contributed by atoms with Crippen molar-refractivity contribution in [2.45, 2.75) is 70.4 Å². The molecule has 0 saturated carbocycles. The van der Waals surface area contributed by atoms with E-state index in [1.807, 2.05) is 34.6 Å². The smallest absolute Gasteiger partial charge is 0.410 e. The zero-order chi connectivity index (χ0) is 34.7. The average molecular weight is 686 g/mol. The van der Waals surface area contributed by atoms with Gasteiger partial charge in [0.15, 0.2) is 17.8 Å². The first-order chi connectivity index (χ1) is 22.8. The number of hydrogen-bond acceptors (Lipinski definition) is 10. The lowest BCUT2D eigenvalue weighted by molar-refractivity contribution is 0.0178. The fraction of sp³-hybridized carbons (Fsp3) is 0.471. The summed E-state index contributed by atoms with van der Waals surface area (Å²) >= 11 is 1.15. The Balaban J connectivity index is 1.60. The van der Waals surface area contributed by atoms with Crippen LogP contribution in [0.15, 0.2) is 34.2 Å².